The lowest BCUT2D eigenvalue weighted by Crippen LogP contribution is -2.44. The number of aryl methyl sites for hydroxylation is 1. The number of aromatic nitrogens is 2. The maximum absolute atomic E-state index is 12.6. The van der Waals surface area contributed by atoms with Gasteiger partial charge in [-0.15, -0.1) is 10.2 Å². The molecule has 1 unspecified atom stereocenters. The molecule has 1 aromatic heterocycles. The standard InChI is InChI=1S/C19H25N5O4/c1-12-20-21-17(28-12)10-23(4)18(25)9-14-11-27-16-7-6-13(19(26)22(2)3)8-15(16)24(14)5/h6-8,14H,9-11H2,1-5H3. The molecule has 1 atom stereocenters. The van der Waals surface area contributed by atoms with Crippen LogP contribution >= 0.6 is 0 Å². The Hall–Kier alpha value is -3.10. The molecule has 0 aliphatic carbocycles. The fourth-order valence-electron chi connectivity index (χ4n) is 3.05. The van der Waals surface area contributed by atoms with Gasteiger partial charge in [0.05, 0.1) is 24.7 Å². The van der Waals surface area contributed by atoms with Crippen molar-refractivity contribution in [2.45, 2.75) is 25.9 Å². The number of hydrogen-bond donors (Lipinski definition) is 0. The Bertz CT molecular complexity index is 879. The number of nitrogens with zero attached hydrogens (tertiary/aromatic N) is 5. The van der Waals surface area contributed by atoms with Crippen LogP contribution in [0.1, 0.15) is 28.6 Å². The third kappa shape index (κ3) is 4.08. The number of amides is 2. The van der Waals surface area contributed by atoms with Crippen LogP contribution in [0, 0.1) is 6.92 Å². The number of rotatable bonds is 5. The highest BCUT2D eigenvalue weighted by molar-refractivity contribution is 5.95. The third-order valence-corrected chi connectivity index (χ3v) is 4.75. The minimum atomic E-state index is -0.142. The number of benzene rings is 1. The van der Waals surface area contributed by atoms with E-state index in [1.165, 1.54) is 4.90 Å². The van der Waals surface area contributed by atoms with Crippen LogP contribution in [0.5, 0.6) is 5.75 Å². The average Bonchev–Trinajstić information content (AvgIpc) is 3.07. The molecule has 2 heterocycles. The molecule has 1 aromatic carbocycles. The van der Waals surface area contributed by atoms with Crippen molar-refractivity contribution in [3.8, 4) is 5.75 Å². The van der Waals surface area contributed by atoms with Crippen molar-refractivity contribution in [3.05, 3.63) is 35.5 Å². The van der Waals surface area contributed by atoms with Crippen molar-refractivity contribution in [2.75, 3.05) is 39.7 Å². The largest absolute Gasteiger partial charge is 0.489 e. The van der Waals surface area contributed by atoms with Crippen LogP contribution in [0.15, 0.2) is 22.6 Å². The van der Waals surface area contributed by atoms with Crippen LogP contribution in [0.4, 0.5) is 5.69 Å². The summed E-state index contributed by atoms with van der Waals surface area (Å²) in [5.41, 5.74) is 1.38. The second-order valence-corrected chi connectivity index (χ2v) is 7.13. The first-order chi connectivity index (χ1) is 13.3. The van der Waals surface area contributed by atoms with E-state index >= 15 is 0 Å². The van der Waals surface area contributed by atoms with E-state index in [4.69, 9.17) is 9.15 Å². The molecule has 1 aliphatic heterocycles. The quantitative estimate of drug-likeness (QED) is 0.764. The van der Waals surface area contributed by atoms with Crippen molar-refractivity contribution < 1.29 is 18.7 Å². The number of ether oxygens (including phenoxy) is 1. The molecule has 0 radical (unpaired) electrons. The zero-order valence-electron chi connectivity index (χ0n) is 16.8. The van der Waals surface area contributed by atoms with E-state index in [2.05, 4.69) is 10.2 Å². The summed E-state index contributed by atoms with van der Waals surface area (Å²) in [4.78, 5) is 30.0. The van der Waals surface area contributed by atoms with E-state index in [-0.39, 0.29) is 30.8 Å². The third-order valence-electron chi connectivity index (χ3n) is 4.75. The number of fused-ring (bicyclic) bond motifs is 1. The molecule has 9 nitrogen and oxygen atoms in total. The number of carbonyl (C=O) groups excluding carboxylic acids is 2. The molecule has 28 heavy (non-hydrogen) atoms. The van der Waals surface area contributed by atoms with E-state index in [1.807, 2.05) is 11.9 Å². The minimum Gasteiger partial charge on any atom is -0.489 e. The summed E-state index contributed by atoms with van der Waals surface area (Å²) in [5, 5.41) is 7.69. The second-order valence-electron chi connectivity index (χ2n) is 7.13. The van der Waals surface area contributed by atoms with Crippen LogP contribution in [0.25, 0.3) is 0 Å². The van der Waals surface area contributed by atoms with Gasteiger partial charge in [-0.25, -0.2) is 0 Å². The Morgan fingerprint density at radius 3 is 2.64 bits per heavy atom. The Morgan fingerprint density at radius 1 is 1.25 bits per heavy atom. The molecule has 0 N–H and O–H groups in total. The van der Waals surface area contributed by atoms with Crippen LogP contribution < -0.4 is 9.64 Å². The zero-order chi connectivity index (χ0) is 20.4. The number of anilines is 1. The van der Waals surface area contributed by atoms with E-state index < -0.39 is 0 Å². The Labute approximate surface area is 163 Å². The summed E-state index contributed by atoms with van der Waals surface area (Å²) in [7, 11) is 7.03. The minimum absolute atomic E-state index is 0.0553. The molecule has 0 spiro atoms. The fraction of sp³-hybridized carbons (Fsp3) is 0.474. The highest BCUT2D eigenvalue weighted by atomic mass is 16.5. The van der Waals surface area contributed by atoms with Gasteiger partial charge in [0, 0.05) is 40.7 Å². The first-order valence-corrected chi connectivity index (χ1v) is 9.00. The van der Waals surface area contributed by atoms with Crippen molar-refractivity contribution in [1.29, 1.82) is 0 Å². The SMILES string of the molecule is Cc1nnc(CN(C)C(=O)CC2COc3ccc(C(=O)N(C)C)cc3N2C)o1. The Morgan fingerprint density at radius 2 is 2.00 bits per heavy atom. The Balaban J connectivity index is 1.69. The summed E-state index contributed by atoms with van der Waals surface area (Å²) >= 11 is 0. The van der Waals surface area contributed by atoms with Gasteiger partial charge in [0.2, 0.25) is 17.7 Å². The van der Waals surface area contributed by atoms with Gasteiger partial charge in [-0.05, 0) is 18.2 Å². The average molecular weight is 387 g/mol. The molecule has 0 fully saturated rings. The molecular formula is C19H25N5O4. The first-order valence-electron chi connectivity index (χ1n) is 9.00. The van der Waals surface area contributed by atoms with Gasteiger partial charge in [0.15, 0.2) is 0 Å². The van der Waals surface area contributed by atoms with Gasteiger partial charge >= 0.3 is 0 Å². The van der Waals surface area contributed by atoms with E-state index in [0.29, 0.717) is 29.7 Å². The predicted octanol–water partition coefficient (Wildman–Crippen LogP) is 1.33. The highest BCUT2D eigenvalue weighted by Gasteiger charge is 2.29. The van der Waals surface area contributed by atoms with E-state index in [1.54, 1.807) is 51.2 Å². The van der Waals surface area contributed by atoms with Gasteiger partial charge in [0.1, 0.15) is 12.4 Å². The van der Waals surface area contributed by atoms with Gasteiger partial charge in [-0.3, -0.25) is 9.59 Å². The summed E-state index contributed by atoms with van der Waals surface area (Å²) in [6.45, 7) is 2.36. The summed E-state index contributed by atoms with van der Waals surface area (Å²) in [5.74, 6) is 1.44. The van der Waals surface area contributed by atoms with Gasteiger partial charge in [0.25, 0.3) is 5.91 Å². The topological polar surface area (TPSA) is 92.0 Å². The molecular weight excluding hydrogens is 362 g/mol. The summed E-state index contributed by atoms with van der Waals surface area (Å²) in [6.07, 6.45) is 0.269. The molecule has 2 aromatic rings. The van der Waals surface area contributed by atoms with Crippen LogP contribution in [-0.4, -0.2) is 72.7 Å². The van der Waals surface area contributed by atoms with Crippen LogP contribution in [0.3, 0.4) is 0 Å². The molecule has 150 valence electrons. The predicted molar refractivity (Wildman–Crippen MR) is 102 cm³/mol. The molecule has 0 saturated carbocycles. The lowest BCUT2D eigenvalue weighted by Gasteiger charge is -2.36. The summed E-state index contributed by atoms with van der Waals surface area (Å²) < 4.78 is 11.2. The van der Waals surface area contributed by atoms with Crippen molar-refractivity contribution in [1.82, 2.24) is 20.0 Å². The Kier molecular flexibility index (Phi) is 5.53. The first kappa shape index (κ1) is 19.7. The molecule has 2 amide bonds. The number of likely N-dealkylation sites (N-methyl/N-ethyl adjacent to an activating group) is 1. The molecule has 3 rings (SSSR count). The molecule has 1 aliphatic rings. The van der Waals surface area contributed by atoms with E-state index in [0.717, 1.165) is 5.69 Å². The molecule has 0 saturated heterocycles. The van der Waals surface area contributed by atoms with Crippen LogP contribution in [0.2, 0.25) is 0 Å². The smallest absolute Gasteiger partial charge is 0.253 e. The van der Waals surface area contributed by atoms with Crippen molar-refractivity contribution in [3.63, 3.8) is 0 Å². The number of hydrogen-bond acceptors (Lipinski definition) is 7. The molecule has 9 heteroatoms. The monoisotopic (exact) mass is 387 g/mol. The highest BCUT2D eigenvalue weighted by Crippen LogP contribution is 2.34. The summed E-state index contributed by atoms with van der Waals surface area (Å²) in [6, 6.07) is 5.21. The van der Waals surface area contributed by atoms with E-state index in [9.17, 15) is 9.59 Å². The number of carbonyl (C=O) groups is 2. The zero-order valence-corrected chi connectivity index (χ0v) is 16.8. The lowest BCUT2D eigenvalue weighted by atomic mass is 10.1. The maximum Gasteiger partial charge on any atom is 0.253 e. The van der Waals surface area contributed by atoms with Crippen molar-refractivity contribution in [2.24, 2.45) is 0 Å². The van der Waals surface area contributed by atoms with Gasteiger partial charge in [-0.1, -0.05) is 0 Å². The maximum atomic E-state index is 12.6. The van der Waals surface area contributed by atoms with Gasteiger partial charge in [-0.2, -0.15) is 0 Å². The normalized spacial score (nSPS) is 15.6. The molecule has 0 bridgehead atoms. The second kappa shape index (κ2) is 7.87. The lowest BCUT2D eigenvalue weighted by molar-refractivity contribution is -0.131. The van der Waals surface area contributed by atoms with Gasteiger partial charge < -0.3 is 23.9 Å². The van der Waals surface area contributed by atoms with Crippen LogP contribution in [-0.2, 0) is 11.3 Å². The fourth-order valence-corrected chi connectivity index (χ4v) is 3.05. The van der Waals surface area contributed by atoms with Crippen molar-refractivity contribution >= 4 is 17.5 Å².